The molecule has 0 N–H and O–H groups in total. The van der Waals surface area contributed by atoms with Crippen molar-refractivity contribution in [3.63, 3.8) is 0 Å². The summed E-state index contributed by atoms with van der Waals surface area (Å²) in [6, 6.07) is 9.41. The van der Waals surface area contributed by atoms with Gasteiger partial charge in [-0.3, -0.25) is 4.79 Å². The van der Waals surface area contributed by atoms with Crippen molar-refractivity contribution in [3.05, 3.63) is 59.2 Å². The van der Waals surface area contributed by atoms with Gasteiger partial charge in [-0.05, 0) is 115 Å². The first-order valence-electron chi connectivity index (χ1n) is 16.9. The quantitative estimate of drug-likeness (QED) is 0.330. The second-order valence-electron chi connectivity index (χ2n) is 17.0. The molecule has 0 heterocycles. The third kappa shape index (κ3) is 4.59. The highest BCUT2D eigenvalue weighted by Gasteiger charge is 2.66. The lowest BCUT2D eigenvalue weighted by Crippen LogP contribution is -2.61. The highest BCUT2D eigenvalue weighted by molar-refractivity contribution is 5.89. The van der Waals surface area contributed by atoms with Gasteiger partial charge >= 0.3 is 11.9 Å². The molecule has 0 amide bonds. The zero-order chi connectivity index (χ0) is 31.1. The molecule has 234 valence electrons. The first-order chi connectivity index (χ1) is 20.1. The molecule has 0 aromatic heterocycles. The van der Waals surface area contributed by atoms with E-state index in [4.69, 9.17) is 9.47 Å². The molecule has 4 heteroatoms. The molecule has 4 nitrogen and oxygen atoms in total. The summed E-state index contributed by atoms with van der Waals surface area (Å²) in [6.45, 7) is 19.3. The fraction of sp³-hybridized carbons (Fsp3) is 0.692. The summed E-state index contributed by atoms with van der Waals surface area (Å²) in [4.78, 5) is 24.8. The van der Waals surface area contributed by atoms with Crippen molar-refractivity contribution in [2.24, 2.45) is 44.3 Å². The van der Waals surface area contributed by atoms with Gasteiger partial charge in [0.25, 0.3) is 0 Å². The van der Waals surface area contributed by atoms with Crippen molar-refractivity contribution in [1.29, 1.82) is 0 Å². The number of fused-ring (bicyclic) bond motifs is 7. The highest BCUT2D eigenvalue weighted by Crippen LogP contribution is 2.74. The van der Waals surface area contributed by atoms with Gasteiger partial charge in [0.15, 0.2) is 0 Å². The largest absolute Gasteiger partial charge is 0.462 e. The Morgan fingerprint density at radius 2 is 1.53 bits per heavy atom. The fourth-order valence-corrected chi connectivity index (χ4v) is 11.1. The Hall–Kier alpha value is -2.36. The molecule has 0 aliphatic heterocycles. The number of esters is 2. The number of allylic oxidation sites excluding steroid dienone is 4. The van der Waals surface area contributed by atoms with E-state index >= 15 is 0 Å². The van der Waals surface area contributed by atoms with Crippen molar-refractivity contribution >= 4 is 11.9 Å². The van der Waals surface area contributed by atoms with E-state index < -0.39 is 0 Å². The van der Waals surface area contributed by atoms with Crippen LogP contribution in [0.4, 0.5) is 0 Å². The van der Waals surface area contributed by atoms with E-state index in [0.717, 1.165) is 38.5 Å². The smallest absolute Gasteiger partial charge is 0.338 e. The molecule has 0 bridgehead atoms. The Kier molecular flexibility index (Phi) is 7.18. The maximum Gasteiger partial charge on any atom is 0.338 e. The molecular formula is C39H54O4. The van der Waals surface area contributed by atoms with E-state index in [-0.39, 0.29) is 45.1 Å². The molecule has 0 saturated heterocycles. The molecule has 0 unspecified atom stereocenters. The predicted octanol–water partition coefficient (Wildman–Crippen LogP) is 9.50. The van der Waals surface area contributed by atoms with Gasteiger partial charge in [-0.1, -0.05) is 78.8 Å². The normalized spacial score (nSPS) is 43.0. The van der Waals surface area contributed by atoms with Gasteiger partial charge in [-0.25, -0.2) is 4.79 Å². The van der Waals surface area contributed by atoms with Crippen LogP contribution in [0.1, 0.15) is 124 Å². The molecule has 3 fully saturated rings. The predicted molar refractivity (Wildman–Crippen MR) is 171 cm³/mol. The van der Waals surface area contributed by atoms with E-state index in [1.54, 1.807) is 18.1 Å². The molecule has 0 radical (unpaired) electrons. The zero-order valence-electron chi connectivity index (χ0n) is 28.0. The maximum absolute atomic E-state index is 12.9. The zero-order valence-corrected chi connectivity index (χ0v) is 28.0. The molecule has 0 spiro atoms. The van der Waals surface area contributed by atoms with Crippen molar-refractivity contribution in [3.8, 4) is 0 Å². The van der Waals surface area contributed by atoms with E-state index in [9.17, 15) is 9.59 Å². The third-order valence-corrected chi connectivity index (χ3v) is 14.1. The number of hydrogen-bond donors (Lipinski definition) is 0. The summed E-state index contributed by atoms with van der Waals surface area (Å²) < 4.78 is 11.9. The van der Waals surface area contributed by atoms with E-state index in [1.165, 1.54) is 19.3 Å². The van der Waals surface area contributed by atoms with Crippen molar-refractivity contribution in [2.75, 3.05) is 6.61 Å². The van der Waals surface area contributed by atoms with E-state index in [1.807, 2.05) is 30.3 Å². The van der Waals surface area contributed by atoms with Gasteiger partial charge in [0.1, 0.15) is 6.10 Å². The highest BCUT2D eigenvalue weighted by atomic mass is 16.5. The summed E-state index contributed by atoms with van der Waals surface area (Å²) in [5.41, 5.74) is 4.43. The molecule has 8 atom stereocenters. The van der Waals surface area contributed by atoms with Crippen LogP contribution in [0.25, 0.3) is 0 Å². The van der Waals surface area contributed by atoms with Gasteiger partial charge in [0.05, 0.1) is 12.2 Å². The number of rotatable bonds is 4. The van der Waals surface area contributed by atoms with Crippen LogP contribution in [0, 0.1) is 44.3 Å². The lowest BCUT2D eigenvalue weighted by Gasteiger charge is -2.69. The molecular weight excluding hydrogens is 532 g/mol. The molecule has 6 rings (SSSR count). The monoisotopic (exact) mass is 586 g/mol. The minimum Gasteiger partial charge on any atom is -0.462 e. The van der Waals surface area contributed by atoms with Crippen LogP contribution < -0.4 is 0 Å². The molecule has 43 heavy (non-hydrogen) atoms. The van der Waals surface area contributed by atoms with Crippen LogP contribution >= 0.6 is 0 Å². The van der Waals surface area contributed by atoms with E-state index in [0.29, 0.717) is 29.4 Å². The second kappa shape index (κ2) is 10.1. The lowest BCUT2D eigenvalue weighted by atomic mass is 9.36. The van der Waals surface area contributed by atoms with Gasteiger partial charge < -0.3 is 9.47 Å². The van der Waals surface area contributed by atoms with E-state index in [2.05, 4.69) is 60.6 Å². The molecule has 5 aliphatic carbocycles. The van der Waals surface area contributed by atoms with Gasteiger partial charge in [0.2, 0.25) is 0 Å². The van der Waals surface area contributed by atoms with Crippen molar-refractivity contribution < 1.29 is 19.1 Å². The Morgan fingerprint density at radius 1 is 0.837 bits per heavy atom. The minimum atomic E-state index is -0.207. The molecule has 3 saturated carbocycles. The van der Waals surface area contributed by atoms with Crippen LogP contribution in [0.5, 0.6) is 0 Å². The number of carbonyl (C=O) groups excluding carboxylic acids is 2. The summed E-state index contributed by atoms with van der Waals surface area (Å²) in [7, 11) is 0. The van der Waals surface area contributed by atoms with Gasteiger partial charge in [0, 0.05) is 17.8 Å². The topological polar surface area (TPSA) is 52.6 Å². The van der Waals surface area contributed by atoms with Crippen molar-refractivity contribution in [1.82, 2.24) is 0 Å². The summed E-state index contributed by atoms with van der Waals surface area (Å²) in [6.07, 6.45) is 15.3. The Bertz CT molecular complexity index is 1360. The van der Waals surface area contributed by atoms with Crippen LogP contribution in [0.2, 0.25) is 0 Å². The minimum absolute atomic E-state index is 0.0169. The Labute approximate surface area is 260 Å². The fourth-order valence-electron chi connectivity index (χ4n) is 11.1. The first kappa shape index (κ1) is 30.7. The Morgan fingerprint density at radius 3 is 2.23 bits per heavy atom. The number of carbonyl (C=O) groups is 2. The van der Waals surface area contributed by atoms with Crippen molar-refractivity contribution in [2.45, 2.75) is 119 Å². The number of benzene rings is 1. The average molecular weight is 587 g/mol. The second-order valence-corrected chi connectivity index (χ2v) is 17.0. The van der Waals surface area contributed by atoms with Crippen LogP contribution in [0.15, 0.2) is 53.6 Å². The molecule has 5 aliphatic rings. The number of hydrogen-bond acceptors (Lipinski definition) is 4. The third-order valence-electron chi connectivity index (χ3n) is 14.1. The summed E-state index contributed by atoms with van der Waals surface area (Å²) in [5.74, 6) is 0.649. The standard InChI is InChI=1S/C39H54O4/c1-26(40)43-32-17-18-37(6)28-16-19-39(8)31-24-35(4,25-42-33(41)27-12-10-9-11-13-27)20-21-36(31,5)22-23-38(39,7)29(28)14-15-30(37)34(32,2)3/h9-14,16,30-32H,15,17-25H2,1-8H3/t30-,31-,32-,35-,36-,37-,38-,39+/m1/s1. The number of ether oxygens (including phenoxy) is 2. The lowest BCUT2D eigenvalue weighted by molar-refractivity contribution is -0.167. The van der Waals surface area contributed by atoms with Crippen LogP contribution in [-0.4, -0.2) is 24.6 Å². The van der Waals surface area contributed by atoms with Crippen LogP contribution in [0.3, 0.4) is 0 Å². The maximum atomic E-state index is 12.9. The summed E-state index contributed by atoms with van der Waals surface area (Å²) >= 11 is 0. The van der Waals surface area contributed by atoms with Gasteiger partial charge in [-0.15, -0.1) is 0 Å². The first-order valence-corrected chi connectivity index (χ1v) is 16.9. The summed E-state index contributed by atoms with van der Waals surface area (Å²) in [5, 5.41) is 0. The molecule has 1 aromatic carbocycles. The Balaban J connectivity index is 1.29. The van der Waals surface area contributed by atoms with Gasteiger partial charge in [-0.2, -0.15) is 0 Å². The van der Waals surface area contributed by atoms with Crippen LogP contribution in [-0.2, 0) is 14.3 Å². The SMILES string of the molecule is CC(=O)O[C@@H]1CC[C@]2(C)C3=CC[C@@]4(C)[C@@H]5C[C@](C)(COC(=O)c6ccccc6)CC[C@]5(C)CC[C@]4(C)C3=CC[C@@H]2C1(C)C. The average Bonchev–Trinajstić information content (AvgIpc) is 2.96. The molecule has 1 aromatic rings.